The van der Waals surface area contributed by atoms with Gasteiger partial charge in [-0.15, -0.1) is 0 Å². The number of halogens is 1. The Morgan fingerprint density at radius 2 is 2.09 bits per heavy atom. The Labute approximate surface area is 129 Å². The van der Waals surface area contributed by atoms with Gasteiger partial charge in [0.25, 0.3) is 0 Å². The summed E-state index contributed by atoms with van der Waals surface area (Å²) in [6.07, 6.45) is -0.276. The summed E-state index contributed by atoms with van der Waals surface area (Å²) < 4.78 is 13.4. The van der Waals surface area contributed by atoms with Gasteiger partial charge in [-0.1, -0.05) is 30.7 Å². The number of nitrogens with one attached hydrogen (secondary N) is 1. The fourth-order valence-corrected chi connectivity index (χ4v) is 2.97. The summed E-state index contributed by atoms with van der Waals surface area (Å²) in [5.41, 5.74) is 9.45. The summed E-state index contributed by atoms with van der Waals surface area (Å²) in [6.45, 7) is 5.63. The third-order valence-corrected chi connectivity index (χ3v) is 4.06. The van der Waals surface area contributed by atoms with E-state index in [1.54, 1.807) is 0 Å². The van der Waals surface area contributed by atoms with Crippen LogP contribution in [0.15, 0.2) is 18.2 Å². The van der Waals surface area contributed by atoms with Crippen LogP contribution in [0, 0.1) is 12.8 Å². The van der Waals surface area contributed by atoms with E-state index in [0.717, 1.165) is 6.42 Å². The lowest BCUT2D eigenvalue weighted by atomic mass is 10.0. The van der Waals surface area contributed by atoms with Crippen molar-refractivity contribution >= 4 is 11.9 Å². The molecule has 1 heterocycles. The fourth-order valence-electron chi connectivity index (χ4n) is 2.97. The van der Waals surface area contributed by atoms with Crippen molar-refractivity contribution < 1.29 is 4.39 Å². The maximum atomic E-state index is 13.4. The summed E-state index contributed by atoms with van der Waals surface area (Å²) >= 11 is 0. The van der Waals surface area contributed by atoms with Crippen LogP contribution in [0.1, 0.15) is 48.6 Å². The van der Waals surface area contributed by atoms with Gasteiger partial charge < -0.3 is 11.1 Å². The van der Waals surface area contributed by atoms with E-state index in [1.807, 2.05) is 0 Å². The van der Waals surface area contributed by atoms with Gasteiger partial charge in [0.2, 0.25) is 11.9 Å². The van der Waals surface area contributed by atoms with Crippen LogP contribution in [0.3, 0.4) is 0 Å². The largest absolute Gasteiger partial charge is 0.368 e. The minimum Gasteiger partial charge on any atom is -0.368 e. The van der Waals surface area contributed by atoms with Gasteiger partial charge >= 0.3 is 0 Å². The maximum absolute atomic E-state index is 13.4. The van der Waals surface area contributed by atoms with Crippen molar-refractivity contribution in [3.63, 3.8) is 0 Å². The molecule has 0 amide bonds. The van der Waals surface area contributed by atoms with E-state index in [4.69, 9.17) is 5.73 Å². The molecule has 3 N–H and O–H groups in total. The first kappa shape index (κ1) is 14.7. The molecule has 3 rings (SSSR count). The number of nitrogens with two attached hydrogens (primary N) is 1. The normalized spacial score (nSPS) is 21.5. The number of hydrogen-bond acceptors (Lipinski definition) is 5. The molecule has 0 spiro atoms. The third kappa shape index (κ3) is 2.73. The van der Waals surface area contributed by atoms with Gasteiger partial charge in [0.05, 0.1) is 6.04 Å². The molecule has 1 aliphatic rings. The van der Waals surface area contributed by atoms with Gasteiger partial charge in [0.15, 0.2) is 12.0 Å². The number of aryl methyl sites for hydroxylation is 1. The number of hydrogen-bond donors (Lipinski definition) is 2. The zero-order valence-corrected chi connectivity index (χ0v) is 13.0. The van der Waals surface area contributed by atoms with Crippen molar-refractivity contribution in [2.24, 2.45) is 5.92 Å². The van der Waals surface area contributed by atoms with Gasteiger partial charge in [0.1, 0.15) is 0 Å². The maximum Gasteiger partial charge on any atom is 0.228 e. The second-order valence-electron chi connectivity index (χ2n) is 6.00. The minimum absolute atomic E-state index is 0.0344. The van der Waals surface area contributed by atoms with Crippen LogP contribution < -0.4 is 11.1 Å². The van der Waals surface area contributed by atoms with Crippen LogP contribution in [0.4, 0.5) is 16.3 Å². The molecule has 0 fully saturated rings. The van der Waals surface area contributed by atoms with E-state index in [0.29, 0.717) is 11.9 Å². The topological polar surface area (TPSA) is 76.7 Å². The molecule has 1 aromatic heterocycles. The molecule has 1 aliphatic carbocycles. The van der Waals surface area contributed by atoms with E-state index >= 15 is 0 Å². The van der Waals surface area contributed by atoms with Crippen LogP contribution in [0.2, 0.25) is 0 Å². The van der Waals surface area contributed by atoms with Gasteiger partial charge in [-0.3, -0.25) is 0 Å². The van der Waals surface area contributed by atoms with Crippen LogP contribution in [-0.2, 0) is 6.42 Å². The van der Waals surface area contributed by atoms with Crippen LogP contribution in [0.5, 0.6) is 0 Å². The smallest absolute Gasteiger partial charge is 0.228 e. The molecular formula is C16H20FN5. The molecule has 0 bridgehead atoms. The Kier molecular flexibility index (Phi) is 3.68. The molecule has 2 aromatic rings. The summed E-state index contributed by atoms with van der Waals surface area (Å²) in [4.78, 5) is 12.1. The van der Waals surface area contributed by atoms with Crippen molar-refractivity contribution in [3.8, 4) is 0 Å². The first-order valence-corrected chi connectivity index (χ1v) is 7.45. The minimum atomic E-state index is -1.28. The zero-order chi connectivity index (χ0) is 15.9. The first-order valence-electron chi connectivity index (χ1n) is 7.45. The number of benzene rings is 1. The molecule has 1 aromatic carbocycles. The molecule has 0 saturated heterocycles. The highest BCUT2D eigenvalue weighted by molar-refractivity contribution is 5.44. The Bertz CT molecular complexity index is 701. The van der Waals surface area contributed by atoms with Crippen LogP contribution in [-0.4, -0.2) is 15.0 Å². The lowest BCUT2D eigenvalue weighted by Gasteiger charge is -2.19. The van der Waals surface area contributed by atoms with E-state index in [-0.39, 0.29) is 17.8 Å². The standard InChI is InChI=1S/C16H20FN5/c1-8-4-5-11-7-9(2)13(12(11)6-8)19-16-21-14(10(3)17)20-15(18)22-16/h4-6,9-10,13H,7H2,1-3H3,(H3,18,19,20,21,22)/t9-,10-,13-/m1/s1. The molecule has 0 aliphatic heterocycles. The van der Waals surface area contributed by atoms with Crippen molar-refractivity contribution in [2.45, 2.75) is 39.4 Å². The average molecular weight is 301 g/mol. The molecule has 3 atom stereocenters. The van der Waals surface area contributed by atoms with Gasteiger partial charge in [0, 0.05) is 0 Å². The molecule has 0 radical (unpaired) electrons. The molecule has 0 unspecified atom stereocenters. The van der Waals surface area contributed by atoms with E-state index < -0.39 is 6.17 Å². The second kappa shape index (κ2) is 5.51. The highest BCUT2D eigenvalue weighted by Crippen LogP contribution is 2.38. The summed E-state index contributed by atoms with van der Waals surface area (Å²) in [5.74, 6) is 0.830. The number of nitrogens with zero attached hydrogens (tertiary/aromatic N) is 3. The quantitative estimate of drug-likeness (QED) is 0.910. The van der Waals surface area contributed by atoms with Gasteiger partial charge in [-0.2, -0.15) is 15.0 Å². The number of fused-ring (bicyclic) bond motifs is 1. The van der Waals surface area contributed by atoms with Crippen LogP contribution >= 0.6 is 0 Å². The highest BCUT2D eigenvalue weighted by Gasteiger charge is 2.30. The molecular weight excluding hydrogens is 281 g/mol. The summed E-state index contributed by atoms with van der Waals surface area (Å²) in [7, 11) is 0. The number of anilines is 2. The van der Waals surface area contributed by atoms with E-state index in [1.165, 1.54) is 23.6 Å². The van der Waals surface area contributed by atoms with Crippen molar-refractivity contribution in [1.29, 1.82) is 0 Å². The lowest BCUT2D eigenvalue weighted by molar-refractivity contribution is 0.356. The molecule has 22 heavy (non-hydrogen) atoms. The zero-order valence-electron chi connectivity index (χ0n) is 13.0. The molecule has 5 nitrogen and oxygen atoms in total. The Morgan fingerprint density at radius 3 is 2.82 bits per heavy atom. The van der Waals surface area contributed by atoms with Crippen LogP contribution in [0.25, 0.3) is 0 Å². The fraction of sp³-hybridized carbons (Fsp3) is 0.438. The molecule has 0 saturated carbocycles. The number of nitrogen functional groups attached to an aromatic ring is 1. The van der Waals surface area contributed by atoms with Gasteiger partial charge in [-0.25, -0.2) is 4.39 Å². The summed E-state index contributed by atoms with van der Waals surface area (Å²) in [5, 5.41) is 3.30. The number of rotatable bonds is 3. The average Bonchev–Trinajstić information content (AvgIpc) is 2.74. The summed E-state index contributed by atoms with van der Waals surface area (Å²) in [6, 6.07) is 6.57. The van der Waals surface area contributed by atoms with E-state index in [2.05, 4.69) is 52.3 Å². The van der Waals surface area contributed by atoms with E-state index in [9.17, 15) is 4.39 Å². The molecule has 6 heteroatoms. The number of alkyl halides is 1. The number of aromatic nitrogens is 3. The SMILES string of the molecule is Cc1ccc2c(c1)[C@H](Nc1nc(N)nc([C@@H](C)F)n1)[C@H](C)C2. The Hall–Kier alpha value is -2.24. The lowest BCUT2D eigenvalue weighted by Crippen LogP contribution is -2.18. The Morgan fingerprint density at radius 1 is 1.32 bits per heavy atom. The highest BCUT2D eigenvalue weighted by atomic mass is 19.1. The predicted octanol–water partition coefficient (Wildman–Crippen LogP) is 3.14. The molecule has 116 valence electrons. The Balaban J connectivity index is 1.92. The van der Waals surface area contributed by atoms with Crippen molar-refractivity contribution in [1.82, 2.24) is 15.0 Å². The van der Waals surface area contributed by atoms with Crippen molar-refractivity contribution in [2.75, 3.05) is 11.1 Å². The first-order chi connectivity index (χ1) is 10.4. The third-order valence-electron chi connectivity index (χ3n) is 4.06. The predicted molar refractivity (Wildman–Crippen MR) is 84.2 cm³/mol. The van der Waals surface area contributed by atoms with Gasteiger partial charge in [-0.05, 0) is 37.3 Å². The second-order valence-corrected chi connectivity index (χ2v) is 6.00. The monoisotopic (exact) mass is 301 g/mol. The van der Waals surface area contributed by atoms with Crippen molar-refractivity contribution in [3.05, 3.63) is 40.7 Å².